The first-order valence-corrected chi connectivity index (χ1v) is 8.36. The number of aliphatic hydroxyl groups is 2. The third-order valence-corrected chi connectivity index (χ3v) is 3.86. The lowest BCUT2D eigenvalue weighted by Gasteiger charge is -2.22. The quantitative estimate of drug-likeness (QED) is 0.774. The van der Waals surface area contributed by atoms with E-state index in [1.165, 1.54) is 0 Å². The predicted octanol–water partition coefficient (Wildman–Crippen LogP) is 2.85. The summed E-state index contributed by atoms with van der Waals surface area (Å²) >= 11 is 0. The average Bonchev–Trinajstić information content (AvgIpc) is 2.53. The summed E-state index contributed by atoms with van der Waals surface area (Å²) in [6, 6.07) is 7.48. The number of aliphatic hydroxyl groups excluding tert-OH is 2. The Morgan fingerprint density at radius 1 is 1.28 bits per heavy atom. The number of aryl methyl sites for hydroxylation is 1. The SMILES string of the molecule is Cc1c(C(O)C(O)CCNC(=O)OC(C)(C)C)ccc2cccnc12. The summed E-state index contributed by atoms with van der Waals surface area (Å²) in [6.45, 7) is 7.42. The van der Waals surface area contributed by atoms with Crippen molar-refractivity contribution in [1.82, 2.24) is 10.3 Å². The normalized spacial score (nSPS) is 14.2. The topological polar surface area (TPSA) is 91.7 Å². The maximum atomic E-state index is 11.6. The minimum atomic E-state index is -1.05. The highest BCUT2D eigenvalue weighted by Gasteiger charge is 2.22. The standard InChI is InChI=1S/C19H26N2O4/c1-12-14(8-7-13-6-5-10-20-16(12)13)17(23)15(22)9-11-21-18(24)25-19(2,3)4/h5-8,10,15,17,22-23H,9,11H2,1-4H3,(H,21,24). The number of fused-ring (bicyclic) bond motifs is 1. The molecule has 1 heterocycles. The summed E-state index contributed by atoms with van der Waals surface area (Å²) < 4.78 is 5.13. The van der Waals surface area contributed by atoms with Gasteiger partial charge in [0.1, 0.15) is 11.7 Å². The highest BCUT2D eigenvalue weighted by molar-refractivity contribution is 5.82. The molecule has 0 bridgehead atoms. The zero-order valence-corrected chi connectivity index (χ0v) is 15.1. The van der Waals surface area contributed by atoms with Crippen molar-refractivity contribution in [3.05, 3.63) is 41.6 Å². The van der Waals surface area contributed by atoms with E-state index in [2.05, 4.69) is 10.3 Å². The van der Waals surface area contributed by atoms with Gasteiger partial charge in [0, 0.05) is 18.1 Å². The van der Waals surface area contributed by atoms with Crippen LogP contribution in [0, 0.1) is 6.92 Å². The molecule has 6 nitrogen and oxygen atoms in total. The summed E-state index contributed by atoms with van der Waals surface area (Å²) in [5.41, 5.74) is 1.70. The molecule has 25 heavy (non-hydrogen) atoms. The molecule has 0 aliphatic carbocycles. The van der Waals surface area contributed by atoms with Crippen molar-refractivity contribution >= 4 is 17.0 Å². The second-order valence-corrected chi connectivity index (χ2v) is 7.08. The van der Waals surface area contributed by atoms with Crippen LogP contribution in [0.2, 0.25) is 0 Å². The van der Waals surface area contributed by atoms with E-state index in [0.29, 0.717) is 5.56 Å². The molecule has 0 spiro atoms. The van der Waals surface area contributed by atoms with Crippen molar-refractivity contribution in [1.29, 1.82) is 0 Å². The average molecular weight is 346 g/mol. The van der Waals surface area contributed by atoms with Gasteiger partial charge in [-0.25, -0.2) is 4.79 Å². The van der Waals surface area contributed by atoms with Gasteiger partial charge >= 0.3 is 6.09 Å². The molecular weight excluding hydrogens is 320 g/mol. The molecule has 1 aromatic carbocycles. The van der Waals surface area contributed by atoms with Gasteiger partial charge in [-0.15, -0.1) is 0 Å². The maximum absolute atomic E-state index is 11.6. The number of hydrogen-bond donors (Lipinski definition) is 3. The first-order chi connectivity index (χ1) is 11.7. The molecular formula is C19H26N2O4. The number of hydrogen-bond acceptors (Lipinski definition) is 5. The van der Waals surface area contributed by atoms with Gasteiger partial charge in [0.05, 0.1) is 11.6 Å². The van der Waals surface area contributed by atoms with E-state index >= 15 is 0 Å². The van der Waals surface area contributed by atoms with E-state index in [1.807, 2.05) is 25.1 Å². The summed E-state index contributed by atoms with van der Waals surface area (Å²) in [4.78, 5) is 15.9. The minimum Gasteiger partial charge on any atom is -0.444 e. The van der Waals surface area contributed by atoms with Crippen molar-refractivity contribution in [2.45, 2.75) is 51.9 Å². The zero-order chi connectivity index (χ0) is 18.6. The molecule has 3 N–H and O–H groups in total. The van der Waals surface area contributed by atoms with Crippen LogP contribution in [0.1, 0.15) is 44.4 Å². The second kappa shape index (κ2) is 7.80. The van der Waals surface area contributed by atoms with Crippen LogP contribution in [0.3, 0.4) is 0 Å². The Bertz CT molecular complexity index is 740. The fourth-order valence-corrected chi connectivity index (χ4v) is 2.63. The molecule has 6 heteroatoms. The number of nitrogens with zero attached hydrogens (tertiary/aromatic N) is 1. The molecule has 2 aromatic rings. The number of carbonyl (C=O) groups is 1. The number of rotatable bonds is 5. The van der Waals surface area contributed by atoms with Crippen molar-refractivity contribution < 1.29 is 19.7 Å². The van der Waals surface area contributed by atoms with Crippen LogP contribution < -0.4 is 5.32 Å². The number of benzene rings is 1. The molecule has 0 saturated carbocycles. The number of aromatic nitrogens is 1. The molecule has 2 atom stereocenters. The summed E-state index contributed by atoms with van der Waals surface area (Å²) in [5.74, 6) is 0. The van der Waals surface area contributed by atoms with Gasteiger partial charge in [-0.05, 0) is 51.3 Å². The van der Waals surface area contributed by atoms with Crippen LogP contribution in [0.15, 0.2) is 30.5 Å². The van der Waals surface area contributed by atoms with Crippen molar-refractivity contribution in [2.75, 3.05) is 6.54 Å². The molecule has 1 amide bonds. The number of carbonyl (C=O) groups excluding carboxylic acids is 1. The highest BCUT2D eigenvalue weighted by atomic mass is 16.6. The third-order valence-electron chi connectivity index (χ3n) is 3.86. The van der Waals surface area contributed by atoms with E-state index in [9.17, 15) is 15.0 Å². The van der Waals surface area contributed by atoms with Crippen molar-refractivity contribution in [2.24, 2.45) is 0 Å². The molecule has 1 aromatic heterocycles. The Morgan fingerprint density at radius 2 is 2.00 bits per heavy atom. The van der Waals surface area contributed by atoms with E-state index in [1.54, 1.807) is 33.0 Å². The molecule has 0 fully saturated rings. The van der Waals surface area contributed by atoms with Gasteiger partial charge in [0.2, 0.25) is 0 Å². The molecule has 0 aliphatic heterocycles. The predicted molar refractivity (Wildman–Crippen MR) is 96.3 cm³/mol. The Balaban J connectivity index is 1.97. The molecule has 136 valence electrons. The molecule has 0 aliphatic rings. The monoisotopic (exact) mass is 346 g/mol. The Kier molecular flexibility index (Phi) is 5.98. The lowest BCUT2D eigenvalue weighted by molar-refractivity contribution is 0.0120. The van der Waals surface area contributed by atoms with Gasteiger partial charge in [0.15, 0.2) is 0 Å². The zero-order valence-electron chi connectivity index (χ0n) is 15.1. The fraction of sp³-hybridized carbons (Fsp3) is 0.474. The highest BCUT2D eigenvalue weighted by Crippen LogP contribution is 2.27. The van der Waals surface area contributed by atoms with Gasteiger partial charge in [-0.1, -0.05) is 18.2 Å². The smallest absolute Gasteiger partial charge is 0.407 e. The fourth-order valence-electron chi connectivity index (χ4n) is 2.63. The summed E-state index contributed by atoms with van der Waals surface area (Å²) in [5, 5.41) is 24.3. The number of amides is 1. The first kappa shape index (κ1) is 19.1. The second-order valence-electron chi connectivity index (χ2n) is 7.08. The van der Waals surface area contributed by atoms with E-state index in [0.717, 1.165) is 16.5 Å². The van der Waals surface area contributed by atoms with Gasteiger partial charge in [-0.2, -0.15) is 0 Å². The summed E-state index contributed by atoms with van der Waals surface area (Å²) in [7, 11) is 0. The Hall–Kier alpha value is -2.18. The van der Waals surface area contributed by atoms with Crippen LogP contribution in [-0.4, -0.2) is 39.5 Å². The maximum Gasteiger partial charge on any atom is 0.407 e. The Morgan fingerprint density at radius 3 is 2.68 bits per heavy atom. The number of ether oxygens (including phenoxy) is 1. The third kappa shape index (κ3) is 5.14. The lowest BCUT2D eigenvalue weighted by atomic mass is 9.95. The van der Waals surface area contributed by atoms with Crippen LogP contribution in [0.4, 0.5) is 4.79 Å². The molecule has 2 unspecified atom stereocenters. The van der Waals surface area contributed by atoms with E-state index < -0.39 is 23.9 Å². The largest absolute Gasteiger partial charge is 0.444 e. The van der Waals surface area contributed by atoms with E-state index in [4.69, 9.17) is 4.74 Å². The van der Waals surface area contributed by atoms with E-state index in [-0.39, 0.29) is 13.0 Å². The lowest BCUT2D eigenvalue weighted by Crippen LogP contribution is -2.34. The van der Waals surface area contributed by atoms with Crippen molar-refractivity contribution in [3.63, 3.8) is 0 Å². The molecule has 2 rings (SSSR count). The molecule has 0 saturated heterocycles. The molecule has 0 radical (unpaired) electrons. The Labute approximate surface area is 147 Å². The van der Waals surface area contributed by atoms with Gasteiger partial charge in [0.25, 0.3) is 0 Å². The van der Waals surface area contributed by atoms with Gasteiger partial charge in [-0.3, -0.25) is 4.98 Å². The number of alkyl carbamates (subject to hydrolysis) is 1. The van der Waals surface area contributed by atoms with Crippen LogP contribution >= 0.6 is 0 Å². The minimum absolute atomic E-state index is 0.206. The number of pyridine rings is 1. The van der Waals surface area contributed by atoms with Crippen molar-refractivity contribution in [3.8, 4) is 0 Å². The van der Waals surface area contributed by atoms with Crippen LogP contribution in [0.5, 0.6) is 0 Å². The van der Waals surface area contributed by atoms with Gasteiger partial charge < -0.3 is 20.3 Å². The van der Waals surface area contributed by atoms with Crippen LogP contribution in [0.25, 0.3) is 10.9 Å². The first-order valence-electron chi connectivity index (χ1n) is 8.36. The van der Waals surface area contributed by atoms with Crippen LogP contribution in [-0.2, 0) is 4.74 Å². The number of nitrogens with one attached hydrogen (secondary N) is 1. The summed E-state index contributed by atoms with van der Waals surface area (Å²) in [6.07, 6.45) is -0.686.